The fourth-order valence-corrected chi connectivity index (χ4v) is 2.57. The summed E-state index contributed by atoms with van der Waals surface area (Å²) >= 11 is 3.39. The largest absolute Gasteiger partial charge is 0.381 e. The van der Waals surface area contributed by atoms with E-state index in [1.807, 2.05) is 6.07 Å². The maximum Gasteiger partial charge on any atom is 0.273 e. The standard InChI is InChI=1S/C13H15BrN2O2/c1-9-7-12(11(14)8-13(9)16(17)18)15-10-5-3-2-4-6-10/h2-3,7-8,10,15H,4-6H2,1H3. The molecule has 0 radical (unpaired) electrons. The molecule has 0 saturated carbocycles. The van der Waals surface area contributed by atoms with Crippen LogP contribution in [0.2, 0.25) is 0 Å². The van der Waals surface area contributed by atoms with E-state index in [1.54, 1.807) is 13.0 Å². The van der Waals surface area contributed by atoms with Crippen molar-refractivity contribution in [2.75, 3.05) is 5.32 Å². The van der Waals surface area contributed by atoms with E-state index in [-0.39, 0.29) is 10.6 Å². The number of aryl methyl sites for hydroxylation is 1. The number of anilines is 1. The summed E-state index contributed by atoms with van der Waals surface area (Å²) < 4.78 is 0.745. The quantitative estimate of drug-likeness (QED) is 0.517. The lowest BCUT2D eigenvalue weighted by Crippen LogP contribution is -2.20. The van der Waals surface area contributed by atoms with E-state index in [1.165, 1.54) is 0 Å². The molecule has 1 unspecified atom stereocenters. The number of hydrogen-bond acceptors (Lipinski definition) is 3. The average molecular weight is 311 g/mol. The molecular formula is C13H15BrN2O2. The Bertz CT molecular complexity index is 500. The molecule has 2 rings (SSSR count). The van der Waals surface area contributed by atoms with Crippen LogP contribution in [0, 0.1) is 17.0 Å². The molecule has 4 nitrogen and oxygen atoms in total. The van der Waals surface area contributed by atoms with Crippen LogP contribution < -0.4 is 5.32 Å². The van der Waals surface area contributed by atoms with Crippen molar-refractivity contribution >= 4 is 27.3 Å². The third-order valence-electron chi connectivity index (χ3n) is 3.11. The van der Waals surface area contributed by atoms with Crippen molar-refractivity contribution in [2.45, 2.75) is 32.2 Å². The number of hydrogen-bond donors (Lipinski definition) is 1. The van der Waals surface area contributed by atoms with Gasteiger partial charge in [0.05, 0.1) is 4.92 Å². The third-order valence-corrected chi connectivity index (χ3v) is 3.77. The van der Waals surface area contributed by atoms with Gasteiger partial charge in [0, 0.05) is 27.8 Å². The van der Waals surface area contributed by atoms with Crippen molar-refractivity contribution in [1.82, 2.24) is 0 Å². The highest BCUT2D eigenvalue weighted by Gasteiger charge is 2.16. The highest BCUT2D eigenvalue weighted by atomic mass is 79.9. The summed E-state index contributed by atoms with van der Waals surface area (Å²) in [6, 6.07) is 3.81. The normalized spacial score (nSPS) is 18.7. The smallest absolute Gasteiger partial charge is 0.273 e. The van der Waals surface area contributed by atoms with Gasteiger partial charge in [-0.25, -0.2) is 0 Å². The van der Waals surface area contributed by atoms with E-state index in [4.69, 9.17) is 0 Å². The number of allylic oxidation sites excluding steroid dienone is 1. The fourth-order valence-electron chi connectivity index (χ4n) is 2.12. The molecule has 1 aromatic carbocycles. The first-order valence-corrected chi connectivity index (χ1v) is 6.73. The van der Waals surface area contributed by atoms with Gasteiger partial charge in [0.25, 0.3) is 5.69 Å². The molecule has 0 heterocycles. The van der Waals surface area contributed by atoms with E-state index >= 15 is 0 Å². The maximum atomic E-state index is 10.8. The number of halogens is 1. The van der Waals surface area contributed by atoms with Crippen LogP contribution in [0.25, 0.3) is 0 Å². The molecule has 0 amide bonds. The summed E-state index contributed by atoms with van der Waals surface area (Å²) in [6.45, 7) is 1.76. The molecule has 0 saturated heterocycles. The predicted octanol–water partition coefficient (Wildman–Crippen LogP) is 4.19. The number of nitro groups is 1. The van der Waals surface area contributed by atoms with E-state index in [0.29, 0.717) is 11.6 Å². The van der Waals surface area contributed by atoms with Crippen molar-refractivity contribution in [1.29, 1.82) is 0 Å². The highest BCUT2D eigenvalue weighted by molar-refractivity contribution is 9.10. The number of nitro benzene ring substituents is 1. The van der Waals surface area contributed by atoms with Crippen molar-refractivity contribution in [3.63, 3.8) is 0 Å². The Morgan fingerprint density at radius 1 is 1.44 bits per heavy atom. The number of nitrogens with one attached hydrogen (secondary N) is 1. The number of benzene rings is 1. The molecule has 5 heteroatoms. The van der Waals surface area contributed by atoms with Gasteiger partial charge < -0.3 is 5.32 Å². The lowest BCUT2D eigenvalue weighted by molar-refractivity contribution is -0.385. The summed E-state index contributed by atoms with van der Waals surface area (Å²) in [4.78, 5) is 10.5. The monoisotopic (exact) mass is 310 g/mol. The molecule has 96 valence electrons. The summed E-state index contributed by atoms with van der Waals surface area (Å²) in [5, 5.41) is 14.3. The topological polar surface area (TPSA) is 55.2 Å². The second kappa shape index (κ2) is 5.52. The van der Waals surface area contributed by atoms with Gasteiger partial charge in [-0.3, -0.25) is 10.1 Å². The minimum absolute atomic E-state index is 0.149. The van der Waals surface area contributed by atoms with Gasteiger partial charge in [0.1, 0.15) is 0 Å². The number of rotatable bonds is 3. The minimum atomic E-state index is -0.354. The molecule has 1 aliphatic rings. The zero-order chi connectivity index (χ0) is 13.1. The van der Waals surface area contributed by atoms with Gasteiger partial charge in [-0.15, -0.1) is 0 Å². The second-order valence-electron chi connectivity index (χ2n) is 4.50. The van der Waals surface area contributed by atoms with Gasteiger partial charge in [-0.05, 0) is 48.2 Å². The first-order valence-electron chi connectivity index (χ1n) is 5.94. The summed E-state index contributed by atoms with van der Waals surface area (Å²) in [6.07, 6.45) is 7.55. The molecule has 1 aliphatic carbocycles. The second-order valence-corrected chi connectivity index (χ2v) is 5.36. The van der Waals surface area contributed by atoms with Crippen molar-refractivity contribution < 1.29 is 4.92 Å². The molecule has 18 heavy (non-hydrogen) atoms. The van der Waals surface area contributed by atoms with E-state index in [0.717, 1.165) is 29.4 Å². The number of nitrogens with zero attached hydrogens (tertiary/aromatic N) is 1. The van der Waals surface area contributed by atoms with E-state index in [2.05, 4.69) is 33.4 Å². The van der Waals surface area contributed by atoms with Crippen LogP contribution in [-0.4, -0.2) is 11.0 Å². The Hall–Kier alpha value is -1.36. The van der Waals surface area contributed by atoms with Crippen LogP contribution in [0.3, 0.4) is 0 Å². The molecule has 1 atom stereocenters. The van der Waals surface area contributed by atoms with Crippen LogP contribution in [0.5, 0.6) is 0 Å². The molecule has 0 bridgehead atoms. The van der Waals surface area contributed by atoms with Crippen LogP contribution in [0.1, 0.15) is 24.8 Å². The van der Waals surface area contributed by atoms with Crippen LogP contribution in [0.4, 0.5) is 11.4 Å². The zero-order valence-electron chi connectivity index (χ0n) is 10.1. The Morgan fingerprint density at radius 3 is 2.83 bits per heavy atom. The first-order chi connectivity index (χ1) is 8.58. The molecule has 0 aliphatic heterocycles. The van der Waals surface area contributed by atoms with Gasteiger partial charge in [0.2, 0.25) is 0 Å². The van der Waals surface area contributed by atoms with Crippen molar-refractivity contribution in [3.05, 3.63) is 44.4 Å². The molecular weight excluding hydrogens is 296 g/mol. The summed E-state index contributed by atoms with van der Waals surface area (Å²) in [5.74, 6) is 0. The highest BCUT2D eigenvalue weighted by Crippen LogP contribution is 2.32. The Morgan fingerprint density at radius 2 is 2.22 bits per heavy atom. The lowest BCUT2D eigenvalue weighted by Gasteiger charge is -2.21. The van der Waals surface area contributed by atoms with Gasteiger partial charge in [-0.2, -0.15) is 0 Å². The van der Waals surface area contributed by atoms with Crippen LogP contribution in [-0.2, 0) is 0 Å². The minimum Gasteiger partial charge on any atom is -0.381 e. The fraction of sp³-hybridized carbons (Fsp3) is 0.385. The van der Waals surface area contributed by atoms with Gasteiger partial charge in [0.15, 0.2) is 0 Å². The Balaban J connectivity index is 2.21. The average Bonchev–Trinajstić information content (AvgIpc) is 2.34. The molecule has 1 N–H and O–H groups in total. The third kappa shape index (κ3) is 2.90. The first kappa shape index (κ1) is 13.1. The van der Waals surface area contributed by atoms with Crippen molar-refractivity contribution in [3.8, 4) is 0 Å². The molecule has 1 aromatic rings. The van der Waals surface area contributed by atoms with E-state index in [9.17, 15) is 10.1 Å². The molecule has 0 aromatic heterocycles. The van der Waals surface area contributed by atoms with E-state index < -0.39 is 0 Å². The van der Waals surface area contributed by atoms with Crippen LogP contribution >= 0.6 is 15.9 Å². The molecule has 0 spiro atoms. The summed E-state index contributed by atoms with van der Waals surface area (Å²) in [7, 11) is 0. The maximum absolute atomic E-state index is 10.8. The zero-order valence-corrected chi connectivity index (χ0v) is 11.7. The van der Waals surface area contributed by atoms with Gasteiger partial charge >= 0.3 is 0 Å². The van der Waals surface area contributed by atoms with Crippen molar-refractivity contribution in [2.24, 2.45) is 0 Å². The van der Waals surface area contributed by atoms with Crippen LogP contribution in [0.15, 0.2) is 28.8 Å². The van der Waals surface area contributed by atoms with Gasteiger partial charge in [-0.1, -0.05) is 12.2 Å². The Kier molecular flexibility index (Phi) is 4.01. The predicted molar refractivity (Wildman–Crippen MR) is 75.9 cm³/mol. The molecule has 0 fully saturated rings. The summed E-state index contributed by atoms with van der Waals surface area (Å²) in [5.41, 5.74) is 1.76. The SMILES string of the molecule is Cc1cc(NC2CC=CCC2)c(Br)cc1[N+](=O)[O-]. The Labute approximate surface area is 114 Å². The lowest BCUT2D eigenvalue weighted by atomic mass is 10.0.